The molecule has 2 aliphatic heterocycles. The van der Waals surface area contributed by atoms with E-state index in [9.17, 15) is 9.18 Å². The Balaban J connectivity index is 1.41. The Hall–Kier alpha value is -1.86. The van der Waals surface area contributed by atoms with E-state index in [1.165, 1.54) is 6.07 Å². The molecule has 2 amide bonds. The van der Waals surface area contributed by atoms with Gasteiger partial charge in [-0.3, -0.25) is 0 Å². The maximum atomic E-state index is 14.8. The molecule has 3 aliphatic rings. The molecule has 0 aromatic heterocycles. The van der Waals surface area contributed by atoms with Crippen LogP contribution in [0.15, 0.2) is 18.2 Å². The first-order valence-electron chi connectivity index (χ1n) is 10.3. The van der Waals surface area contributed by atoms with Crippen molar-refractivity contribution in [2.24, 2.45) is 5.92 Å². The molecule has 7 heteroatoms. The van der Waals surface area contributed by atoms with Gasteiger partial charge in [0.1, 0.15) is 5.82 Å². The summed E-state index contributed by atoms with van der Waals surface area (Å²) < 4.78 is 25.9. The van der Waals surface area contributed by atoms with Crippen molar-refractivity contribution in [2.75, 3.05) is 43.1 Å². The molecule has 1 aromatic carbocycles. The van der Waals surface area contributed by atoms with E-state index in [4.69, 9.17) is 9.47 Å². The highest BCUT2D eigenvalue weighted by molar-refractivity contribution is 5.90. The molecule has 0 spiro atoms. The molecule has 154 valence electrons. The Morgan fingerprint density at radius 1 is 1.25 bits per heavy atom. The zero-order chi connectivity index (χ0) is 19.7. The van der Waals surface area contributed by atoms with Gasteiger partial charge in [-0.25, -0.2) is 9.18 Å². The van der Waals surface area contributed by atoms with Gasteiger partial charge in [0.2, 0.25) is 0 Å². The minimum absolute atomic E-state index is 0.0641. The number of halogens is 1. The largest absolute Gasteiger partial charge is 0.381 e. The molecule has 6 nitrogen and oxygen atoms in total. The zero-order valence-electron chi connectivity index (χ0n) is 16.7. The number of hydrogen-bond acceptors (Lipinski definition) is 4. The summed E-state index contributed by atoms with van der Waals surface area (Å²) in [5.41, 5.74) is 1.05. The third-order valence-corrected chi connectivity index (χ3v) is 5.69. The van der Waals surface area contributed by atoms with Gasteiger partial charge in [-0.05, 0) is 51.3 Å². The van der Waals surface area contributed by atoms with E-state index < -0.39 is 0 Å². The van der Waals surface area contributed by atoms with E-state index in [-0.39, 0.29) is 24.1 Å². The SMILES string of the molecule is C[C@@H]1CN(c2ccc(NC(=O)N(C[C@H]3CCOC3)C3CC3)cc2F)C[C@H](C)O1. The number of carbonyl (C=O) groups excluding carboxylic acids is 1. The smallest absolute Gasteiger partial charge is 0.322 e. The van der Waals surface area contributed by atoms with Crippen LogP contribution in [0.1, 0.15) is 33.1 Å². The summed E-state index contributed by atoms with van der Waals surface area (Å²) in [4.78, 5) is 16.7. The maximum absolute atomic E-state index is 14.8. The predicted molar refractivity (Wildman–Crippen MR) is 106 cm³/mol. The lowest BCUT2D eigenvalue weighted by atomic mass is 10.1. The standard InChI is InChI=1S/C21H30FN3O3/c1-14-10-24(11-15(2)28-14)20-6-3-17(9-19(20)22)23-21(26)25(18-4-5-18)12-16-7-8-27-13-16/h3,6,9,14-16,18H,4-5,7-8,10-13H2,1-2H3,(H,23,26)/t14-,15+,16-/m1/s1. The van der Waals surface area contributed by atoms with Crippen molar-refractivity contribution in [3.8, 4) is 0 Å². The summed E-state index contributed by atoms with van der Waals surface area (Å²) >= 11 is 0. The van der Waals surface area contributed by atoms with Gasteiger partial charge in [0.15, 0.2) is 0 Å². The second-order valence-corrected chi connectivity index (χ2v) is 8.37. The van der Waals surface area contributed by atoms with Gasteiger partial charge in [-0.1, -0.05) is 0 Å². The molecular weight excluding hydrogens is 361 g/mol. The summed E-state index contributed by atoms with van der Waals surface area (Å²) in [5.74, 6) is 0.0806. The quantitative estimate of drug-likeness (QED) is 0.835. The molecule has 28 heavy (non-hydrogen) atoms. The summed E-state index contributed by atoms with van der Waals surface area (Å²) in [7, 11) is 0. The van der Waals surface area contributed by atoms with E-state index >= 15 is 0 Å². The number of nitrogens with zero attached hydrogens (tertiary/aromatic N) is 2. The van der Waals surface area contributed by atoms with Crippen molar-refractivity contribution in [1.29, 1.82) is 0 Å². The first kappa shape index (κ1) is 19.5. The number of amides is 2. The predicted octanol–water partition coefficient (Wildman–Crippen LogP) is 3.47. The molecular formula is C21H30FN3O3. The highest BCUT2D eigenvalue weighted by atomic mass is 19.1. The number of nitrogens with one attached hydrogen (secondary N) is 1. The van der Waals surface area contributed by atoms with E-state index in [0.29, 0.717) is 43.0 Å². The van der Waals surface area contributed by atoms with Crippen LogP contribution in [0.5, 0.6) is 0 Å². The summed E-state index contributed by atoms with van der Waals surface area (Å²) in [5, 5.41) is 2.89. The molecule has 1 saturated carbocycles. The average Bonchev–Trinajstić information content (AvgIpc) is 3.34. The molecule has 1 aromatic rings. The second kappa shape index (κ2) is 8.25. The first-order valence-corrected chi connectivity index (χ1v) is 10.3. The number of rotatable bonds is 5. The Labute approximate surface area is 166 Å². The fourth-order valence-corrected chi connectivity index (χ4v) is 4.20. The van der Waals surface area contributed by atoms with Crippen LogP contribution >= 0.6 is 0 Å². The topological polar surface area (TPSA) is 54.0 Å². The van der Waals surface area contributed by atoms with Crippen LogP contribution in [-0.2, 0) is 9.47 Å². The van der Waals surface area contributed by atoms with Gasteiger partial charge in [-0.2, -0.15) is 0 Å². The number of urea groups is 1. The third-order valence-electron chi connectivity index (χ3n) is 5.69. The summed E-state index contributed by atoms with van der Waals surface area (Å²) in [6.07, 6.45) is 3.21. The maximum Gasteiger partial charge on any atom is 0.322 e. The number of hydrogen-bond donors (Lipinski definition) is 1. The summed E-state index contributed by atoms with van der Waals surface area (Å²) in [6.45, 7) is 7.51. The molecule has 0 radical (unpaired) electrons. The lowest BCUT2D eigenvalue weighted by Crippen LogP contribution is -2.45. The Bertz CT molecular complexity index is 696. The Morgan fingerprint density at radius 2 is 2.00 bits per heavy atom. The van der Waals surface area contributed by atoms with Gasteiger partial charge in [-0.15, -0.1) is 0 Å². The van der Waals surface area contributed by atoms with E-state index in [2.05, 4.69) is 5.32 Å². The van der Waals surface area contributed by atoms with Gasteiger partial charge in [0, 0.05) is 43.9 Å². The number of benzene rings is 1. The minimum Gasteiger partial charge on any atom is -0.381 e. The Morgan fingerprint density at radius 3 is 2.61 bits per heavy atom. The van der Waals surface area contributed by atoms with Gasteiger partial charge < -0.3 is 24.6 Å². The highest BCUT2D eigenvalue weighted by Crippen LogP contribution is 2.30. The van der Waals surface area contributed by atoms with E-state index in [1.807, 2.05) is 23.6 Å². The van der Waals surface area contributed by atoms with Crippen molar-refractivity contribution in [2.45, 2.75) is 51.4 Å². The Kier molecular flexibility index (Phi) is 5.73. The van der Waals surface area contributed by atoms with Crippen LogP contribution in [0.25, 0.3) is 0 Å². The third kappa shape index (κ3) is 4.58. The normalized spacial score (nSPS) is 27.7. The van der Waals surface area contributed by atoms with Crippen LogP contribution in [-0.4, -0.2) is 62.0 Å². The molecule has 2 heterocycles. The molecule has 0 bridgehead atoms. The van der Waals surface area contributed by atoms with Crippen molar-refractivity contribution in [1.82, 2.24) is 4.90 Å². The van der Waals surface area contributed by atoms with E-state index in [1.54, 1.807) is 12.1 Å². The molecule has 1 aliphatic carbocycles. The van der Waals surface area contributed by atoms with Crippen LogP contribution in [0.2, 0.25) is 0 Å². The first-order chi connectivity index (χ1) is 13.5. The van der Waals surface area contributed by atoms with Crippen LogP contribution < -0.4 is 10.2 Å². The van der Waals surface area contributed by atoms with Crippen molar-refractivity contribution in [3.05, 3.63) is 24.0 Å². The van der Waals surface area contributed by atoms with Crippen molar-refractivity contribution < 1.29 is 18.7 Å². The number of ether oxygens (including phenoxy) is 2. The van der Waals surface area contributed by atoms with E-state index in [0.717, 1.165) is 32.5 Å². The van der Waals surface area contributed by atoms with Crippen LogP contribution in [0.3, 0.4) is 0 Å². The lowest BCUT2D eigenvalue weighted by Gasteiger charge is -2.37. The fraction of sp³-hybridized carbons (Fsp3) is 0.667. The average molecular weight is 391 g/mol. The molecule has 2 saturated heterocycles. The monoisotopic (exact) mass is 391 g/mol. The molecule has 3 fully saturated rings. The van der Waals surface area contributed by atoms with Gasteiger partial charge in [0.05, 0.1) is 24.5 Å². The minimum atomic E-state index is -0.318. The van der Waals surface area contributed by atoms with Crippen molar-refractivity contribution in [3.63, 3.8) is 0 Å². The molecule has 4 rings (SSSR count). The molecule has 3 atom stereocenters. The highest BCUT2D eigenvalue weighted by Gasteiger charge is 2.35. The second-order valence-electron chi connectivity index (χ2n) is 8.37. The number of carbonyl (C=O) groups is 1. The van der Waals surface area contributed by atoms with Gasteiger partial charge >= 0.3 is 6.03 Å². The number of anilines is 2. The van der Waals surface area contributed by atoms with Gasteiger partial charge in [0.25, 0.3) is 0 Å². The van der Waals surface area contributed by atoms with Crippen LogP contribution in [0.4, 0.5) is 20.6 Å². The lowest BCUT2D eigenvalue weighted by molar-refractivity contribution is -0.00539. The van der Waals surface area contributed by atoms with Crippen molar-refractivity contribution >= 4 is 17.4 Å². The molecule has 0 unspecified atom stereocenters. The fourth-order valence-electron chi connectivity index (χ4n) is 4.20. The number of morpholine rings is 1. The summed E-state index contributed by atoms with van der Waals surface area (Å²) in [6, 6.07) is 5.12. The molecule has 1 N–H and O–H groups in total. The van der Waals surface area contributed by atoms with Crippen LogP contribution in [0, 0.1) is 11.7 Å². The zero-order valence-corrected chi connectivity index (χ0v) is 16.7.